The number of carbonyl (C=O) groups is 3. The smallest absolute Gasteiger partial charge is 0.345 e. The van der Waals surface area contributed by atoms with E-state index in [-0.39, 0.29) is 19.8 Å². The minimum absolute atomic E-state index is 0.0718. The zero-order valence-electron chi connectivity index (χ0n) is 18.4. The molecule has 158 valence electrons. The fourth-order valence-corrected chi connectivity index (χ4v) is 8.75. The SMILES string of the molecule is CCOC(=O)C(=CC(=O)OCC#C[Si](C(C)C)(C(C)C)C(C)C)C(=O)OCC. The van der Waals surface area contributed by atoms with Crippen LogP contribution in [-0.4, -0.2) is 45.8 Å². The highest BCUT2D eigenvalue weighted by molar-refractivity contribution is 6.90. The number of rotatable bonds is 9. The van der Waals surface area contributed by atoms with Gasteiger partial charge in [0.1, 0.15) is 8.07 Å². The van der Waals surface area contributed by atoms with Crippen LogP contribution in [0.5, 0.6) is 0 Å². The minimum atomic E-state index is -1.90. The third kappa shape index (κ3) is 7.15. The van der Waals surface area contributed by atoms with Crippen LogP contribution in [-0.2, 0) is 28.6 Å². The highest BCUT2D eigenvalue weighted by atomic mass is 28.3. The molecule has 0 rings (SSSR count). The van der Waals surface area contributed by atoms with E-state index >= 15 is 0 Å². The van der Waals surface area contributed by atoms with Gasteiger partial charge in [0.15, 0.2) is 12.2 Å². The lowest BCUT2D eigenvalue weighted by Crippen LogP contribution is -2.43. The average molecular weight is 411 g/mol. The zero-order valence-corrected chi connectivity index (χ0v) is 19.4. The molecule has 0 aromatic rings. The third-order valence-corrected chi connectivity index (χ3v) is 11.1. The van der Waals surface area contributed by atoms with Gasteiger partial charge in [-0.2, -0.15) is 0 Å². The number of esters is 3. The highest BCUT2D eigenvalue weighted by Crippen LogP contribution is 2.40. The lowest BCUT2D eigenvalue weighted by atomic mass is 10.2. The second-order valence-electron chi connectivity index (χ2n) is 7.31. The second-order valence-corrected chi connectivity index (χ2v) is 12.9. The fourth-order valence-electron chi connectivity index (χ4n) is 3.51. The van der Waals surface area contributed by atoms with Crippen LogP contribution >= 0.6 is 0 Å². The van der Waals surface area contributed by atoms with E-state index in [0.717, 1.165) is 6.08 Å². The standard InChI is InChI=1S/C21H34O6Si/c1-9-25-20(23)18(21(24)26-10-2)14-19(22)27-12-11-13-28(15(3)4,16(5)6)17(7)8/h14-17H,9-10,12H2,1-8H3. The van der Waals surface area contributed by atoms with Crippen molar-refractivity contribution >= 4 is 26.0 Å². The van der Waals surface area contributed by atoms with E-state index < -0.39 is 31.6 Å². The molecule has 0 saturated carbocycles. The number of ether oxygens (including phenoxy) is 3. The van der Waals surface area contributed by atoms with Crippen LogP contribution in [0.15, 0.2) is 11.6 Å². The minimum Gasteiger partial charge on any atom is -0.462 e. The summed E-state index contributed by atoms with van der Waals surface area (Å²) in [7, 11) is -1.90. The molecule has 0 bridgehead atoms. The van der Waals surface area contributed by atoms with Gasteiger partial charge in [-0.05, 0) is 30.5 Å². The van der Waals surface area contributed by atoms with Crippen LogP contribution in [0.2, 0.25) is 16.6 Å². The third-order valence-electron chi connectivity index (χ3n) is 4.71. The maximum atomic E-state index is 12.0. The zero-order chi connectivity index (χ0) is 21.9. The van der Waals surface area contributed by atoms with E-state index in [9.17, 15) is 14.4 Å². The Morgan fingerprint density at radius 2 is 1.25 bits per heavy atom. The summed E-state index contributed by atoms with van der Waals surface area (Å²) in [5.74, 6) is 0.311. The maximum absolute atomic E-state index is 12.0. The summed E-state index contributed by atoms with van der Waals surface area (Å²) in [5, 5.41) is 0. The summed E-state index contributed by atoms with van der Waals surface area (Å²) >= 11 is 0. The Morgan fingerprint density at radius 3 is 1.61 bits per heavy atom. The van der Waals surface area contributed by atoms with Gasteiger partial charge in [0.25, 0.3) is 0 Å². The Labute approximate surface area is 170 Å². The summed E-state index contributed by atoms with van der Waals surface area (Å²) in [5.41, 5.74) is 4.35. The fraction of sp³-hybridized carbons (Fsp3) is 0.667. The van der Waals surface area contributed by atoms with Crippen molar-refractivity contribution in [3.05, 3.63) is 11.6 Å². The molecule has 28 heavy (non-hydrogen) atoms. The molecule has 0 aromatic heterocycles. The topological polar surface area (TPSA) is 78.9 Å². The molecule has 0 aromatic carbocycles. The van der Waals surface area contributed by atoms with Crippen molar-refractivity contribution in [1.29, 1.82) is 0 Å². The highest BCUT2D eigenvalue weighted by Gasteiger charge is 2.41. The van der Waals surface area contributed by atoms with Gasteiger partial charge in [0.05, 0.1) is 13.2 Å². The van der Waals surface area contributed by atoms with Crippen LogP contribution in [0.4, 0.5) is 0 Å². The van der Waals surface area contributed by atoms with Crippen molar-refractivity contribution in [3.8, 4) is 11.5 Å². The Kier molecular flexibility index (Phi) is 11.5. The van der Waals surface area contributed by atoms with Crippen LogP contribution in [0.25, 0.3) is 0 Å². The first-order valence-corrected chi connectivity index (χ1v) is 12.0. The van der Waals surface area contributed by atoms with Gasteiger partial charge in [0, 0.05) is 6.08 Å². The van der Waals surface area contributed by atoms with Gasteiger partial charge in [-0.1, -0.05) is 47.5 Å². The summed E-state index contributed by atoms with van der Waals surface area (Å²) < 4.78 is 14.6. The predicted molar refractivity (Wildman–Crippen MR) is 111 cm³/mol. The first-order chi connectivity index (χ1) is 13.0. The van der Waals surface area contributed by atoms with Gasteiger partial charge in [-0.3, -0.25) is 0 Å². The summed E-state index contributed by atoms with van der Waals surface area (Å²) in [6, 6.07) is 0. The molecule has 0 saturated heterocycles. The number of hydrogen-bond acceptors (Lipinski definition) is 6. The van der Waals surface area contributed by atoms with E-state index in [2.05, 4.69) is 53.0 Å². The van der Waals surface area contributed by atoms with Crippen molar-refractivity contribution < 1.29 is 28.6 Å². The van der Waals surface area contributed by atoms with Crippen molar-refractivity contribution in [2.45, 2.75) is 72.0 Å². The van der Waals surface area contributed by atoms with Gasteiger partial charge >= 0.3 is 17.9 Å². The first kappa shape index (κ1) is 25.9. The van der Waals surface area contributed by atoms with E-state index in [0.29, 0.717) is 16.6 Å². The summed E-state index contributed by atoms with van der Waals surface area (Å²) in [6.45, 7) is 16.4. The van der Waals surface area contributed by atoms with Crippen LogP contribution in [0, 0.1) is 11.5 Å². The van der Waals surface area contributed by atoms with Gasteiger partial charge in [-0.15, -0.1) is 5.54 Å². The molecule has 0 spiro atoms. The Hall–Kier alpha value is -2.07. The molecule has 0 unspecified atom stereocenters. The van der Waals surface area contributed by atoms with Crippen molar-refractivity contribution in [1.82, 2.24) is 0 Å². The van der Waals surface area contributed by atoms with E-state index in [1.807, 2.05) is 0 Å². The largest absolute Gasteiger partial charge is 0.462 e. The maximum Gasteiger partial charge on any atom is 0.345 e. The van der Waals surface area contributed by atoms with Crippen molar-refractivity contribution in [2.24, 2.45) is 0 Å². The molecule has 0 aliphatic carbocycles. The molecule has 7 heteroatoms. The molecule has 0 radical (unpaired) electrons. The summed E-state index contributed by atoms with van der Waals surface area (Å²) in [4.78, 5) is 35.7. The lowest BCUT2D eigenvalue weighted by molar-refractivity contribution is -0.148. The first-order valence-electron chi connectivity index (χ1n) is 9.77. The number of carbonyl (C=O) groups excluding carboxylic acids is 3. The van der Waals surface area contributed by atoms with Gasteiger partial charge in [0.2, 0.25) is 0 Å². The molecular weight excluding hydrogens is 376 g/mol. The quantitative estimate of drug-likeness (QED) is 0.109. The monoisotopic (exact) mass is 410 g/mol. The summed E-state index contributed by atoms with van der Waals surface area (Å²) in [6.07, 6.45) is 0.801. The van der Waals surface area contributed by atoms with Gasteiger partial charge < -0.3 is 14.2 Å². The van der Waals surface area contributed by atoms with E-state index in [1.165, 1.54) is 0 Å². The molecule has 0 N–H and O–H groups in total. The molecule has 0 aliphatic rings. The second kappa shape index (κ2) is 12.4. The normalized spacial score (nSPS) is 11.0. The van der Waals surface area contributed by atoms with Gasteiger partial charge in [-0.25, -0.2) is 14.4 Å². The van der Waals surface area contributed by atoms with Crippen molar-refractivity contribution in [3.63, 3.8) is 0 Å². The molecule has 0 atom stereocenters. The molecule has 6 nitrogen and oxygen atoms in total. The molecule has 0 amide bonds. The molecule has 0 aliphatic heterocycles. The van der Waals surface area contributed by atoms with Crippen LogP contribution in [0.3, 0.4) is 0 Å². The van der Waals surface area contributed by atoms with Crippen molar-refractivity contribution in [2.75, 3.05) is 19.8 Å². The Balaban J connectivity index is 5.32. The lowest BCUT2D eigenvalue weighted by Gasteiger charge is -2.38. The Bertz CT molecular complexity index is 595. The van der Waals surface area contributed by atoms with E-state index in [4.69, 9.17) is 14.2 Å². The van der Waals surface area contributed by atoms with Crippen LogP contribution in [0.1, 0.15) is 55.4 Å². The van der Waals surface area contributed by atoms with E-state index in [1.54, 1.807) is 13.8 Å². The number of hydrogen-bond donors (Lipinski definition) is 0. The average Bonchev–Trinajstić information content (AvgIpc) is 2.58. The molecule has 0 heterocycles. The predicted octanol–water partition coefficient (Wildman–Crippen LogP) is 3.80. The molecular formula is C21H34O6Si. The molecule has 0 fully saturated rings. The Morgan fingerprint density at radius 1 is 0.821 bits per heavy atom. The van der Waals surface area contributed by atoms with Crippen LogP contribution < -0.4 is 0 Å².